The first-order valence-electron chi connectivity index (χ1n) is 8.42. The predicted octanol–water partition coefficient (Wildman–Crippen LogP) is 3.84. The van der Waals surface area contributed by atoms with Gasteiger partial charge < -0.3 is 15.2 Å². The van der Waals surface area contributed by atoms with Crippen LogP contribution in [-0.4, -0.2) is 31.0 Å². The molecular formula is C18H19N7S. The predicted molar refractivity (Wildman–Crippen MR) is 105 cm³/mol. The number of nitrogens with zero attached hydrogens (tertiary/aromatic N) is 5. The normalized spacial score (nSPS) is 11.0. The Hall–Kier alpha value is -3.00. The lowest BCUT2D eigenvalue weighted by Gasteiger charge is -2.10. The van der Waals surface area contributed by atoms with Crippen molar-refractivity contribution in [2.45, 2.75) is 19.9 Å². The number of nitrogens with one attached hydrogen (secondary N) is 2. The number of hydrogen-bond acceptors (Lipinski definition) is 7. The van der Waals surface area contributed by atoms with Crippen molar-refractivity contribution in [1.29, 1.82) is 0 Å². The van der Waals surface area contributed by atoms with Crippen molar-refractivity contribution in [3.8, 4) is 0 Å². The van der Waals surface area contributed by atoms with Crippen LogP contribution < -0.4 is 10.6 Å². The topological polar surface area (TPSA) is 80.5 Å². The van der Waals surface area contributed by atoms with Gasteiger partial charge in [-0.15, -0.1) is 11.3 Å². The Balaban J connectivity index is 1.40. The van der Waals surface area contributed by atoms with Crippen LogP contribution in [0.3, 0.4) is 0 Å². The summed E-state index contributed by atoms with van der Waals surface area (Å²) in [4.78, 5) is 17.4. The average Bonchev–Trinajstić information content (AvgIpc) is 3.29. The smallest absolute Gasteiger partial charge is 0.224 e. The first kappa shape index (κ1) is 16.5. The largest absolute Gasteiger partial charge is 0.354 e. The van der Waals surface area contributed by atoms with Gasteiger partial charge in [-0.3, -0.25) is 0 Å². The molecule has 4 aromatic rings. The summed E-state index contributed by atoms with van der Waals surface area (Å²) in [6, 6.07) is 8.05. The minimum absolute atomic E-state index is 0.636. The van der Waals surface area contributed by atoms with Crippen LogP contribution in [0.25, 0.3) is 10.2 Å². The number of thiazole rings is 1. The van der Waals surface area contributed by atoms with Crippen molar-refractivity contribution in [3.63, 3.8) is 0 Å². The van der Waals surface area contributed by atoms with Gasteiger partial charge in [-0.25, -0.2) is 15.0 Å². The summed E-state index contributed by atoms with van der Waals surface area (Å²) in [6.07, 6.45) is 6.55. The molecule has 7 nitrogen and oxygen atoms in total. The van der Waals surface area contributed by atoms with Crippen LogP contribution in [0, 0.1) is 6.92 Å². The second kappa shape index (κ2) is 7.49. The highest BCUT2D eigenvalue weighted by molar-refractivity contribution is 7.16. The molecule has 0 radical (unpaired) electrons. The second-order valence-corrected chi connectivity index (χ2v) is 6.85. The highest BCUT2D eigenvalue weighted by Crippen LogP contribution is 2.24. The Morgan fingerprint density at radius 1 is 1.19 bits per heavy atom. The average molecular weight is 365 g/mol. The molecule has 0 aliphatic rings. The van der Waals surface area contributed by atoms with Gasteiger partial charge in [0.1, 0.15) is 5.82 Å². The Morgan fingerprint density at radius 2 is 2.15 bits per heavy atom. The fourth-order valence-corrected chi connectivity index (χ4v) is 3.39. The number of anilines is 3. The van der Waals surface area contributed by atoms with E-state index >= 15 is 0 Å². The molecule has 0 atom stereocenters. The van der Waals surface area contributed by atoms with E-state index in [4.69, 9.17) is 0 Å². The zero-order valence-electron chi connectivity index (χ0n) is 14.4. The van der Waals surface area contributed by atoms with Crippen LogP contribution in [0.4, 0.5) is 17.5 Å². The molecule has 0 saturated carbocycles. The molecule has 0 aliphatic heterocycles. The zero-order valence-corrected chi connectivity index (χ0v) is 15.2. The molecule has 0 bridgehead atoms. The van der Waals surface area contributed by atoms with E-state index in [1.165, 1.54) is 0 Å². The van der Waals surface area contributed by atoms with Gasteiger partial charge in [-0.1, -0.05) is 0 Å². The van der Waals surface area contributed by atoms with Crippen molar-refractivity contribution >= 4 is 39.0 Å². The summed E-state index contributed by atoms with van der Waals surface area (Å²) < 4.78 is 3.21. The molecule has 8 heteroatoms. The van der Waals surface area contributed by atoms with Crippen LogP contribution in [0.2, 0.25) is 0 Å². The van der Waals surface area contributed by atoms with Crippen LogP contribution in [-0.2, 0) is 6.54 Å². The molecule has 0 spiro atoms. The molecule has 1 aromatic carbocycles. The number of aromatic nitrogens is 5. The summed E-state index contributed by atoms with van der Waals surface area (Å²) >= 11 is 1.63. The van der Waals surface area contributed by atoms with E-state index in [9.17, 15) is 0 Å². The molecule has 4 rings (SSSR count). The third kappa shape index (κ3) is 3.97. The van der Waals surface area contributed by atoms with Crippen LogP contribution in [0.5, 0.6) is 0 Å². The van der Waals surface area contributed by atoms with Crippen LogP contribution >= 0.6 is 11.3 Å². The number of hydrogen-bond donors (Lipinski definition) is 2. The number of imidazole rings is 1. The lowest BCUT2D eigenvalue weighted by atomic mass is 10.3. The third-order valence-corrected chi connectivity index (χ3v) is 4.69. The Kier molecular flexibility index (Phi) is 4.74. The standard InChI is InChI=1S/C18H19N7S/c1-13-9-17(23-14-3-4-15-16(10-14)26-12-21-15)24-18(22-13)20-5-2-7-25-8-6-19-11-25/h3-4,6,8-12H,2,5,7H2,1H3,(H2,20,22,23,24). The van der Waals surface area contributed by atoms with Gasteiger partial charge in [-0.2, -0.15) is 4.98 Å². The Labute approximate surface area is 155 Å². The van der Waals surface area contributed by atoms with E-state index in [1.807, 2.05) is 43.2 Å². The van der Waals surface area contributed by atoms with Gasteiger partial charge in [0.05, 0.1) is 22.1 Å². The molecule has 3 aromatic heterocycles. The molecule has 0 saturated heterocycles. The first-order valence-corrected chi connectivity index (χ1v) is 9.30. The fourth-order valence-electron chi connectivity index (χ4n) is 2.67. The highest BCUT2D eigenvalue weighted by Gasteiger charge is 2.04. The minimum atomic E-state index is 0.636. The van der Waals surface area contributed by atoms with Gasteiger partial charge in [0.15, 0.2) is 0 Å². The summed E-state index contributed by atoms with van der Waals surface area (Å²) in [5, 5.41) is 6.65. The fraction of sp³-hybridized carbons (Fsp3) is 0.222. The minimum Gasteiger partial charge on any atom is -0.354 e. The number of fused-ring (bicyclic) bond motifs is 1. The van der Waals surface area contributed by atoms with Crippen molar-refractivity contribution < 1.29 is 0 Å². The number of rotatable bonds is 7. The molecule has 0 aliphatic carbocycles. The molecule has 3 heterocycles. The highest BCUT2D eigenvalue weighted by atomic mass is 32.1. The van der Waals surface area contributed by atoms with Gasteiger partial charge in [0.25, 0.3) is 0 Å². The van der Waals surface area contributed by atoms with Crippen molar-refractivity contribution in [2.75, 3.05) is 17.2 Å². The van der Waals surface area contributed by atoms with E-state index in [1.54, 1.807) is 17.5 Å². The zero-order chi connectivity index (χ0) is 17.8. The van der Waals surface area contributed by atoms with E-state index in [0.717, 1.165) is 46.9 Å². The van der Waals surface area contributed by atoms with E-state index in [2.05, 4.69) is 41.2 Å². The summed E-state index contributed by atoms with van der Waals surface area (Å²) in [6.45, 7) is 3.68. The van der Waals surface area contributed by atoms with Gasteiger partial charge in [0, 0.05) is 42.9 Å². The quantitative estimate of drug-likeness (QED) is 0.484. The SMILES string of the molecule is Cc1cc(Nc2ccc3ncsc3c2)nc(NCCCn2ccnc2)n1. The maximum absolute atomic E-state index is 4.57. The summed E-state index contributed by atoms with van der Waals surface area (Å²) in [7, 11) is 0. The maximum Gasteiger partial charge on any atom is 0.224 e. The molecule has 2 N–H and O–H groups in total. The summed E-state index contributed by atoms with van der Waals surface area (Å²) in [5.41, 5.74) is 4.78. The molecule has 0 unspecified atom stereocenters. The molecule has 0 fully saturated rings. The Morgan fingerprint density at radius 3 is 3.04 bits per heavy atom. The summed E-state index contributed by atoms with van der Waals surface area (Å²) in [5.74, 6) is 1.41. The lowest BCUT2D eigenvalue weighted by Crippen LogP contribution is -2.09. The first-order chi connectivity index (χ1) is 12.8. The van der Waals surface area contributed by atoms with Crippen molar-refractivity contribution in [2.24, 2.45) is 0 Å². The van der Waals surface area contributed by atoms with Gasteiger partial charge >= 0.3 is 0 Å². The molecule has 132 valence electrons. The molecule has 0 amide bonds. The van der Waals surface area contributed by atoms with E-state index in [0.29, 0.717) is 5.95 Å². The Bertz CT molecular complexity index is 994. The van der Waals surface area contributed by atoms with Crippen molar-refractivity contribution in [1.82, 2.24) is 24.5 Å². The number of benzene rings is 1. The molecule has 26 heavy (non-hydrogen) atoms. The van der Waals surface area contributed by atoms with Crippen molar-refractivity contribution in [3.05, 3.63) is 54.2 Å². The van der Waals surface area contributed by atoms with Crippen LogP contribution in [0.15, 0.2) is 48.5 Å². The number of aryl methyl sites for hydroxylation is 2. The molecular weight excluding hydrogens is 346 g/mol. The van der Waals surface area contributed by atoms with Gasteiger partial charge in [0.2, 0.25) is 5.95 Å². The monoisotopic (exact) mass is 365 g/mol. The van der Waals surface area contributed by atoms with E-state index < -0.39 is 0 Å². The third-order valence-electron chi connectivity index (χ3n) is 3.89. The maximum atomic E-state index is 4.57. The van der Waals surface area contributed by atoms with Gasteiger partial charge in [-0.05, 0) is 31.5 Å². The van der Waals surface area contributed by atoms with Crippen LogP contribution in [0.1, 0.15) is 12.1 Å². The lowest BCUT2D eigenvalue weighted by molar-refractivity contribution is 0.659. The van der Waals surface area contributed by atoms with E-state index in [-0.39, 0.29) is 0 Å². The second-order valence-electron chi connectivity index (χ2n) is 5.96.